The van der Waals surface area contributed by atoms with E-state index in [1.54, 1.807) is 66.0 Å². The molecule has 6 heterocycles. The van der Waals surface area contributed by atoms with Gasteiger partial charge < -0.3 is 79.2 Å². The van der Waals surface area contributed by atoms with E-state index in [0.29, 0.717) is 119 Å². The van der Waals surface area contributed by atoms with Gasteiger partial charge in [0, 0.05) is 50.1 Å². The van der Waals surface area contributed by atoms with E-state index in [2.05, 4.69) is 41.2 Å². The fraction of sp³-hybridized carbons (Fsp3) is 0.444. The molecule has 4 aromatic carbocycles. The Kier molecular flexibility index (Phi) is 22.1. The van der Waals surface area contributed by atoms with E-state index in [4.69, 9.17) is 80.0 Å². The minimum absolute atomic E-state index is 0.171. The number of aromatic nitrogens is 6. The van der Waals surface area contributed by atoms with Crippen molar-refractivity contribution in [2.45, 2.75) is 37.5 Å². The molecular formula is C54H74N14O12. The van der Waals surface area contributed by atoms with Crippen LogP contribution in [-0.4, -0.2) is 151 Å². The molecule has 4 fully saturated rings. The van der Waals surface area contributed by atoms with Crippen molar-refractivity contribution in [3.63, 3.8) is 0 Å². The molecule has 0 bridgehead atoms. The topological polar surface area (TPSA) is 325 Å². The van der Waals surface area contributed by atoms with Gasteiger partial charge in [-0.2, -0.15) is 0 Å². The van der Waals surface area contributed by atoms with E-state index in [0.717, 1.165) is 63.8 Å². The zero-order chi connectivity index (χ0) is 57.0. The fourth-order valence-corrected chi connectivity index (χ4v) is 9.29. The van der Waals surface area contributed by atoms with Crippen molar-refractivity contribution in [3.8, 4) is 57.4 Å². The number of aliphatic imine (C=N–C) groups is 2. The third-order valence-electron chi connectivity index (χ3n) is 13.5. The highest BCUT2D eigenvalue weighted by Gasteiger charge is 2.30. The number of anilines is 2. The average Bonchev–Trinajstić information content (AvgIpc) is 4.45. The van der Waals surface area contributed by atoms with Crippen molar-refractivity contribution in [1.82, 2.24) is 40.4 Å². The van der Waals surface area contributed by atoms with E-state index in [1.165, 1.54) is 0 Å². The molecule has 80 heavy (non-hydrogen) atoms. The first kappa shape index (κ1) is 59.5. The van der Waals surface area contributed by atoms with Crippen LogP contribution in [0.25, 0.3) is 11.4 Å². The van der Waals surface area contributed by atoms with Gasteiger partial charge in [-0.15, -0.1) is 20.4 Å². The molecule has 6 aromatic rings. The zero-order valence-electron chi connectivity index (χ0n) is 46.5. The van der Waals surface area contributed by atoms with E-state index in [9.17, 15) is 0 Å². The van der Waals surface area contributed by atoms with Gasteiger partial charge in [0.15, 0.2) is 0 Å². The van der Waals surface area contributed by atoms with Gasteiger partial charge in [0.05, 0.1) is 83.3 Å². The monoisotopic (exact) mass is 1110 g/mol. The summed E-state index contributed by atoms with van der Waals surface area (Å²) >= 11 is 0. The largest absolute Gasteiger partial charge is 0.494 e. The lowest BCUT2D eigenvalue weighted by Gasteiger charge is -2.17. The molecule has 4 saturated heterocycles. The van der Waals surface area contributed by atoms with E-state index < -0.39 is 0 Å². The van der Waals surface area contributed by atoms with E-state index in [-0.39, 0.29) is 23.7 Å². The molecule has 4 aliphatic heterocycles. The Hall–Kier alpha value is -8.14. The first-order chi connectivity index (χ1) is 39.1. The SMILES string of the molecule is COc1cccc(OC)c1-n1c(N)nnc1[C@@H]1CCOC1.COc1cccc(OC)c1-n1c(N)nnc1[C@H]1CCOC1.COc1cccc(OC)c1N=C(NN)[C@@H]1CCOC1.COc1cccc(OC)c1N=C(NN)[C@H]1CCOC1. The second-order valence-electron chi connectivity index (χ2n) is 18.1. The first-order valence-corrected chi connectivity index (χ1v) is 25.8. The average molecular weight is 1110 g/mol. The molecule has 4 aliphatic rings. The summed E-state index contributed by atoms with van der Waals surface area (Å²) in [6.07, 6.45) is 3.60. The molecular weight excluding hydrogens is 1040 g/mol. The van der Waals surface area contributed by atoms with E-state index >= 15 is 0 Å². The van der Waals surface area contributed by atoms with Crippen LogP contribution < -0.4 is 71.9 Å². The van der Waals surface area contributed by atoms with Crippen LogP contribution in [0.3, 0.4) is 0 Å². The molecule has 0 radical (unpaired) electrons. The predicted octanol–water partition coefficient (Wildman–Crippen LogP) is 5.21. The van der Waals surface area contributed by atoms with Gasteiger partial charge in [0.2, 0.25) is 11.9 Å². The highest BCUT2D eigenvalue weighted by molar-refractivity contribution is 5.89. The molecule has 26 heteroatoms. The summed E-state index contributed by atoms with van der Waals surface area (Å²) in [5, 5.41) is 16.5. The normalized spacial score (nSPS) is 18.6. The maximum absolute atomic E-state index is 6.03. The number of para-hydroxylation sites is 4. The third kappa shape index (κ3) is 14.0. The van der Waals surface area contributed by atoms with Crippen molar-refractivity contribution in [3.05, 3.63) is 84.4 Å². The number of amidine groups is 2. The summed E-state index contributed by atoms with van der Waals surface area (Å²) in [5.41, 5.74) is 20.1. The van der Waals surface area contributed by atoms with Gasteiger partial charge in [0.25, 0.3) is 0 Å². The quantitative estimate of drug-likeness (QED) is 0.0313. The lowest BCUT2D eigenvalue weighted by molar-refractivity contribution is 0.192. The molecule has 26 nitrogen and oxygen atoms in total. The summed E-state index contributed by atoms with van der Waals surface area (Å²) in [4.78, 5) is 9.10. The Morgan fingerprint density at radius 3 is 0.975 bits per heavy atom. The van der Waals surface area contributed by atoms with Crippen LogP contribution in [0.2, 0.25) is 0 Å². The molecule has 0 amide bonds. The Balaban J connectivity index is 0.000000154. The summed E-state index contributed by atoms with van der Waals surface area (Å²) < 4.78 is 68.2. The molecule has 4 atom stereocenters. The Bertz CT molecular complexity index is 2680. The maximum Gasteiger partial charge on any atom is 0.226 e. The number of methoxy groups -OCH3 is 8. The van der Waals surface area contributed by atoms with Gasteiger partial charge in [-0.3, -0.25) is 9.13 Å². The van der Waals surface area contributed by atoms with Crippen molar-refractivity contribution in [2.75, 3.05) is 121 Å². The van der Waals surface area contributed by atoms with Crippen molar-refractivity contribution < 1.29 is 56.8 Å². The van der Waals surface area contributed by atoms with Gasteiger partial charge in [-0.05, 0) is 74.2 Å². The van der Waals surface area contributed by atoms with Crippen molar-refractivity contribution >= 4 is 34.9 Å². The third-order valence-corrected chi connectivity index (χ3v) is 13.5. The number of hydrogen-bond acceptors (Lipinski definition) is 22. The molecule has 0 aliphatic carbocycles. The molecule has 2 aromatic heterocycles. The van der Waals surface area contributed by atoms with Crippen LogP contribution in [0.4, 0.5) is 23.3 Å². The number of ether oxygens (including phenoxy) is 12. The number of nitrogen functional groups attached to an aromatic ring is 2. The van der Waals surface area contributed by atoms with Crippen LogP contribution in [0.5, 0.6) is 46.0 Å². The lowest BCUT2D eigenvalue weighted by Crippen LogP contribution is -2.36. The van der Waals surface area contributed by atoms with Gasteiger partial charge in [-0.1, -0.05) is 24.3 Å². The molecule has 0 unspecified atom stereocenters. The highest BCUT2D eigenvalue weighted by atomic mass is 16.5. The smallest absolute Gasteiger partial charge is 0.226 e. The van der Waals surface area contributed by atoms with Crippen LogP contribution in [0.1, 0.15) is 49.2 Å². The summed E-state index contributed by atoms with van der Waals surface area (Å²) in [6, 6.07) is 22.2. The van der Waals surface area contributed by atoms with Crippen LogP contribution in [-0.2, 0) is 18.9 Å². The number of benzene rings is 4. The number of nitrogens with two attached hydrogens (primary N) is 4. The standard InChI is InChI=1S/2C14H18N4O3.2C13H19N3O3/c2*1-19-10-4-3-5-11(20-2)12(10)18-13(16-17-14(18)15)9-6-7-21-8-9;2*1-17-10-4-3-5-11(18-2)12(10)15-13(16-14)9-6-7-19-8-9/h2*3-5,9H,6-8H2,1-2H3,(H2,15,17);2*3-5,9H,6-8,14H2,1-2H3,(H,15,16)/t4*9-/m1010/s1. The molecule has 10 N–H and O–H groups in total. The second kappa shape index (κ2) is 29.7. The van der Waals surface area contributed by atoms with Crippen LogP contribution in [0, 0.1) is 11.8 Å². The number of hydrazine groups is 2. The summed E-state index contributed by atoms with van der Waals surface area (Å²) in [6.45, 7) is 5.40. The summed E-state index contributed by atoms with van der Waals surface area (Å²) in [7, 11) is 12.8. The summed E-state index contributed by atoms with van der Waals surface area (Å²) in [5.74, 6) is 20.5. The minimum atomic E-state index is 0.171. The van der Waals surface area contributed by atoms with Crippen molar-refractivity contribution in [2.24, 2.45) is 33.5 Å². The lowest BCUT2D eigenvalue weighted by atomic mass is 10.1. The Labute approximate surface area is 464 Å². The molecule has 10 rings (SSSR count). The van der Waals surface area contributed by atoms with E-state index in [1.807, 2.05) is 72.8 Å². The molecule has 432 valence electrons. The molecule has 0 saturated carbocycles. The van der Waals surface area contributed by atoms with Gasteiger partial charge in [-0.25, -0.2) is 21.7 Å². The Morgan fingerprint density at radius 2 is 0.725 bits per heavy atom. The number of hydrogen-bond donors (Lipinski definition) is 6. The minimum Gasteiger partial charge on any atom is -0.494 e. The fourth-order valence-electron chi connectivity index (χ4n) is 9.29. The first-order valence-electron chi connectivity index (χ1n) is 25.8. The number of nitrogens with one attached hydrogen (secondary N) is 2. The Morgan fingerprint density at radius 1 is 0.438 bits per heavy atom. The predicted molar refractivity (Wildman–Crippen MR) is 300 cm³/mol. The van der Waals surface area contributed by atoms with Crippen LogP contribution in [0.15, 0.2) is 82.8 Å². The van der Waals surface area contributed by atoms with Gasteiger partial charge >= 0.3 is 0 Å². The van der Waals surface area contributed by atoms with Crippen LogP contribution >= 0.6 is 0 Å². The number of rotatable bonds is 16. The van der Waals surface area contributed by atoms with Crippen molar-refractivity contribution in [1.29, 1.82) is 0 Å². The van der Waals surface area contributed by atoms with Gasteiger partial charge in [0.1, 0.15) is 92.1 Å². The second-order valence-corrected chi connectivity index (χ2v) is 18.1. The number of nitrogens with zero attached hydrogens (tertiary/aromatic N) is 8. The zero-order valence-corrected chi connectivity index (χ0v) is 46.5. The highest BCUT2D eigenvalue weighted by Crippen LogP contribution is 2.41. The molecule has 0 spiro atoms. The maximum atomic E-state index is 6.03.